The fourth-order valence-electron chi connectivity index (χ4n) is 2.00. The molecule has 0 atom stereocenters. The lowest BCUT2D eigenvalue weighted by Crippen LogP contribution is -2.35. The summed E-state index contributed by atoms with van der Waals surface area (Å²) in [5, 5.41) is 0. The molecule has 5 nitrogen and oxygen atoms in total. The largest absolute Gasteiger partial charge is 0.380 e. The number of nitrogens with zero attached hydrogens (tertiary/aromatic N) is 1. The minimum atomic E-state index is -0.0320. The molecule has 0 saturated carbocycles. The van der Waals surface area contributed by atoms with Gasteiger partial charge in [-0.15, -0.1) is 0 Å². The lowest BCUT2D eigenvalue weighted by Gasteiger charge is -2.27. The van der Waals surface area contributed by atoms with Crippen molar-refractivity contribution >= 4 is 0 Å². The first-order chi connectivity index (χ1) is 9.36. The molecule has 0 radical (unpaired) electrons. The Morgan fingerprint density at radius 1 is 0.947 bits per heavy atom. The van der Waals surface area contributed by atoms with Crippen molar-refractivity contribution < 1.29 is 18.9 Å². The van der Waals surface area contributed by atoms with E-state index >= 15 is 0 Å². The monoisotopic (exact) mass is 275 g/mol. The first-order valence-electron chi connectivity index (χ1n) is 7.47. The van der Waals surface area contributed by atoms with Gasteiger partial charge in [-0.2, -0.15) is 0 Å². The van der Waals surface area contributed by atoms with Gasteiger partial charge in [0.1, 0.15) is 0 Å². The van der Waals surface area contributed by atoms with Crippen LogP contribution in [0.1, 0.15) is 26.7 Å². The molecule has 1 heterocycles. The fourth-order valence-corrected chi connectivity index (χ4v) is 2.00. The van der Waals surface area contributed by atoms with E-state index in [9.17, 15) is 0 Å². The molecule has 19 heavy (non-hydrogen) atoms. The second kappa shape index (κ2) is 11.6. The van der Waals surface area contributed by atoms with Crippen molar-refractivity contribution in [2.45, 2.75) is 33.0 Å². The molecule has 0 bridgehead atoms. The van der Waals surface area contributed by atoms with Crippen LogP contribution in [0.25, 0.3) is 0 Å². The van der Waals surface area contributed by atoms with Crippen molar-refractivity contribution in [3.63, 3.8) is 0 Å². The second-order valence-corrected chi connectivity index (χ2v) is 4.55. The van der Waals surface area contributed by atoms with E-state index < -0.39 is 0 Å². The normalized spacial score (nSPS) is 17.2. The van der Waals surface area contributed by atoms with Crippen molar-refractivity contribution in [1.29, 1.82) is 0 Å². The van der Waals surface area contributed by atoms with Gasteiger partial charge in [0.05, 0.1) is 26.4 Å². The summed E-state index contributed by atoms with van der Waals surface area (Å²) in [6.07, 6.45) is 1.89. The van der Waals surface area contributed by atoms with Crippen LogP contribution in [0.15, 0.2) is 0 Å². The maximum atomic E-state index is 5.57. The molecule has 0 aromatic carbocycles. The third kappa shape index (κ3) is 8.55. The van der Waals surface area contributed by atoms with Crippen LogP contribution in [-0.4, -0.2) is 70.5 Å². The lowest BCUT2D eigenvalue weighted by atomic mass is 10.3. The van der Waals surface area contributed by atoms with Crippen molar-refractivity contribution in [3.05, 3.63) is 0 Å². The SMILES string of the molecule is CCOCCN(CCOCC)CCC1OCCCO1. The quantitative estimate of drug-likeness (QED) is 0.535. The minimum Gasteiger partial charge on any atom is -0.380 e. The maximum absolute atomic E-state index is 5.57. The summed E-state index contributed by atoms with van der Waals surface area (Å²) in [4.78, 5) is 2.35. The molecule has 5 heteroatoms. The molecule has 1 fully saturated rings. The van der Waals surface area contributed by atoms with Crippen LogP contribution in [0.4, 0.5) is 0 Å². The van der Waals surface area contributed by atoms with Gasteiger partial charge in [-0.1, -0.05) is 0 Å². The highest BCUT2D eigenvalue weighted by molar-refractivity contribution is 4.61. The average molecular weight is 275 g/mol. The topological polar surface area (TPSA) is 40.2 Å². The van der Waals surface area contributed by atoms with Crippen LogP contribution < -0.4 is 0 Å². The number of hydrogen-bond acceptors (Lipinski definition) is 5. The van der Waals surface area contributed by atoms with Crippen molar-refractivity contribution in [2.24, 2.45) is 0 Å². The first-order valence-corrected chi connectivity index (χ1v) is 7.47. The Morgan fingerprint density at radius 3 is 2.05 bits per heavy atom. The van der Waals surface area contributed by atoms with E-state index in [0.29, 0.717) is 0 Å². The van der Waals surface area contributed by atoms with Gasteiger partial charge < -0.3 is 18.9 Å². The molecular formula is C14H29NO4. The van der Waals surface area contributed by atoms with E-state index in [0.717, 1.165) is 72.1 Å². The zero-order chi connectivity index (χ0) is 13.8. The van der Waals surface area contributed by atoms with Crippen LogP contribution in [-0.2, 0) is 18.9 Å². The molecule has 0 amide bonds. The van der Waals surface area contributed by atoms with Crippen molar-refractivity contribution in [1.82, 2.24) is 4.90 Å². The molecule has 0 aromatic heterocycles. The van der Waals surface area contributed by atoms with E-state index in [1.54, 1.807) is 0 Å². The zero-order valence-corrected chi connectivity index (χ0v) is 12.4. The van der Waals surface area contributed by atoms with Gasteiger partial charge in [0, 0.05) is 39.3 Å². The predicted molar refractivity (Wildman–Crippen MR) is 74.4 cm³/mol. The van der Waals surface area contributed by atoms with Gasteiger partial charge in [0.2, 0.25) is 0 Å². The molecule has 0 N–H and O–H groups in total. The summed E-state index contributed by atoms with van der Waals surface area (Å²) in [5.74, 6) is 0. The Morgan fingerprint density at radius 2 is 1.53 bits per heavy atom. The molecule has 1 saturated heterocycles. The summed E-state index contributed by atoms with van der Waals surface area (Å²) in [6, 6.07) is 0. The van der Waals surface area contributed by atoms with Gasteiger partial charge in [-0.05, 0) is 20.3 Å². The summed E-state index contributed by atoms with van der Waals surface area (Å²) >= 11 is 0. The standard InChI is InChI=1S/C14H29NO4/c1-3-16-12-8-15(9-13-17-4-2)7-6-14-18-10-5-11-19-14/h14H,3-13H2,1-2H3. The number of ether oxygens (including phenoxy) is 4. The van der Waals surface area contributed by atoms with Crippen LogP contribution in [0.2, 0.25) is 0 Å². The molecule has 1 rings (SSSR count). The molecule has 114 valence electrons. The molecule has 1 aliphatic heterocycles. The Bertz CT molecular complexity index is 188. The Hall–Kier alpha value is -0.200. The van der Waals surface area contributed by atoms with Gasteiger partial charge >= 0.3 is 0 Å². The zero-order valence-electron chi connectivity index (χ0n) is 12.4. The number of rotatable bonds is 11. The van der Waals surface area contributed by atoms with E-state index in [1.807, 2.05) is 13.8 Å². The molecule has 0 unspecified atom stereocenters. The van der Waals surface area contributed by atoms with Gasteiger partial charge in [0.15, 0.2) is 6.29 Å². The van der Waals surface area contributed by atoms with Gasteiger partial charge in [-0.3, -0.25) is 4.90 Å². The summed E-state index contributed by atoms with van der Waals surface area (Å²) in [6.45, 7) is 11.6. The first kappa shape index (κ1) is 16.9. The lowest BCUT2D eigenvalue weighted by molar-refractivity contribution is -0.182. The Balaban J connectivity index is 2.17. The van der Waals surface area contributed by atoms with E-state index in [1.165, 1.54) is 0 Å². The fraction of sp³-hybridized carbons (Fsp3) is 1.00. The summed E-state index contributed by atoms with van der Waals surface area (Å²) in [5.41, 5.74) is 0. The maximum Gasteiger partial charge on any atom is 0.158 e. The highest BCUT2D eigenvalue weighted by Gasteiger charge is 2.15. The highest BCUT2D eigenvalue weighted by Crippen LogP contribution is 2.09. The van der Waals surface area contributed by atoms with Gasteiger partial charge in [-0.25, -0.2) is 0 Å². The third-order valence-corrected chi connectivity index (χ3v) is 3.09. The van der Waals surface area contributed by atoms with Gasteiger partial charge in [0.25, 0.3) is 0 Å². The van der Waals surface area contributed by atoms with E-state index in [2.05, 4.69) is 4.90 Å². The molecule has 0 spiro atoms. The highest BCUT2D eigenvalue weighted by atomic mass is 16.7. The molecule has 0 aliphatic carbocycles. The van der Waals surface area contributed by atoms with E-state index in [4.69, 9.17) is 18.9 Å². The van der Waals surface area contributed by atoms with E-state index in [-0.39, 0.29) is 6.29 Å². The average Bonchev–Trinajstić information content (AvgIpc) is 2.45. The summed E-state index contributed by atoms with van der Waals surface area (Å²) in [7, 11) is 0. The molecule has 0 aromatic rings. The molecule has 1 aliphatic rings. The second-order valence-electron chi connectivity index (χ2n) is 4.55. The van der Waals surface area contributed by atoms with Crippen molar-refractivity contribution in [3.8, 4) is 0 Å². The van der Waals surface area contributed by atoms with Crippen molar-refractivity contribution in [2.75, 3.05) is 59.3 Å². The minimum absolute atomic E-state index is 0.0320. The third-order valence-electron chi connectivity index (χ3n) is 3.09. The Labute approximate surface area is 117 Å². The van der Waals surface area contributed by atoms with Crippen LogP contribution >= 0.6 is 0 Å². The Kier molecular flexibility index (Phi) is 10.3. The molecular weight excluding hydrogens is 246 g/mol. The predicted octanol–water partition coefficient (Wildman–Crippen LogP) is 1.51. The number of hydrogen-bond donors (Lipinski definition) is 0. The van der Waals surface area contributed by atoms with Crippen LogP contribution in [0, 0.1) is 0 Å². The summed E-state index contributed by atoms with van der Waals surface area (Å²) < 4.78 is 22.0. The smallest absolute Gasteiger partial charge is 0.158 e. The van der Waals surface area contributed by atoms with Crippen LogP contribution in [0.5, 0.6) is 0 Å². The van der Waals surface area contributed by atoms with Crippen LogP contribution in [0.3, 0.4) is 0 Å².